The summed E-state index contributed by atoms with van der Waals surface area (Å²) in [5.41, 5.74) is 1.12. The number of halogens is 1. The summed E-state index contributed by atoms with van der Waals surface area (Å²) >= 11 is 3.01. The van der Waals surface area contributed by atoms with Crippen molar-refractivity contribution in [1.29, 1.82) is 0 Å². The van der Waals surface area contributed by atoms with Crippen LogP contribution in [0.3, 0.4) is 0 Å². The molecule has 0 bridgehead atoms. The molecular formula is C21H35BrNO4P. The highest BCUT2D eigenvalue weighted by Gasteiger charge is 2.27. The van der Waals surface area contributed by atoms with E-state index in [4.69, 9.17) is 0 Å². The van der Waals surface area contributed by atoms with Gasteiger partial charge < -0.3 is 15.1 Å². The Morgan fingerprint density at radius 3 is 1.86 bits per heavy atom. The molecule has 1 atom stereocenters. The molecule has 0 fully saturated rings. The van der Waals surface area contributed by atoms with Crippen LogP contribution in [0.25, 0.3) is 0 Å². The fraction of sp³-hybridized carbons (Fsp3) is 0.667. The van der Waals surface area contributed by atoms with Crippen molar-refractivity contribution in [2.24, 2.45) is 0 Å². The van der Waals surface area contributed by atoms with Crippen molar-refractivity contribution in [3.63, 3.8) is 0 Å². The number of amides is 1. The number of rotatable bonds is 15. The standard InChI is InChI=1S/C21H35BrNO4P/c1-2-3-4-5-6-7-8-9-10-11-12-13-20(24)23-19-16-14-18(15-17-19)21(22)28(25,26)27/h14-17,21H,2-13H2,1H3,(H,23,24)(H2,25,26,27). The van der Waals surface area contributed by atoms with Gasteiger partial charge in [-0.25, -0.2) is 0 Å². The van der Waals surface area contributed by atoms with E-state index in [1.807, 2.05) is 0 Å². The fourth-order valence-corrected chi connectivity index (χ4v) is 3.96. The summed E-state index contributed by atoms with van der Waals surface area (Å²) in [4.78, 5) is 30.4. The van der Waals surface area contributed by atoms with Crippen molar-refractivity contribution in [2.45, 2.75) is 88.5 Å². The Morgan fingerprint density at radius 1 is 0.929 bits per heavy atom. The summed E-state index contributed by atoms with van der Waals surface area (Å²) in [6, 6.07) is 6.54. The van der Waals surface area contributed by atoms with Crippen molar-refractivity contribution in [3.8, 4) is 0 Å². The zero-order valence-corrected chi connectivity index (χ0v) is 19.4. The topological polar surface area (TPSA) is 86.6 Å². The van der Waals surface area contributed by atoms with Crippen LogP contribution in [-0.2, 0) is 9.36 Å². The van der Waals surface area contributed by atoms with Crippen molar-refractivity contribution < 1.29 is 19.1 Å². The second kappa shape index (κ2) is 14.3. The Bertz CT molecular complexity index is 603. The third-order valence-corrected chi connectivity index (χ3v) is 7.79. The first kappa shape index (κ1) is 25.4. The van der Waals surface area contributed by atoms with Crippen molar-refractivity contribution in [1.82, 2.24) is 0 Å². The van der Waals surface area contributed by atoms with Crippen LogP contribution in [0.4, 0.5) is 5.69 Å². The molecule has 7 heteroatoms. The average molecular weight is 476 g/mol. The van der Waals surface area contributed by atoms with Gasteiger partial charge in [-0.3, -0.25) is 9.36 Å². The Hall–Kier alpha value is -0.680. The van der Waals surface area contributed by atoms with Crippen LogP contribution in [0.1, 0.15) is 94.1 Å². The van der Waals surface area contributed by atoms with Gasteiger partial charge in [0.15, 0.2) is 0 Å². The molecular weight excluding hydrogens is 441 g/mol. The zero-order valence-electron chi connectivity index (χ0n) is 16.9. The van der Waals surface area contributed by atoms with Gasteiger partial charge in [0.25, 0.3) is 0 Å². The number of nitrogens with one attached hydrogen (secondary N) is 1. The monoisotopic (exact) mass is 475 g/mol. The van der Waals surface area contributed by atoms with E-state index in [0.29, 0.717) is 17.7 Å². The molecule has 0 saturated carbocycles. The van der Waals surface area contributed by atoms with Gasteiger partial charge in [0.05, 0.1) is 0 Å². The normalized spacial score (nSPS) is 12.7. The quantitative estimate of drug-likeness (QED) is 0.146. The molecule has 1 aromatic rings. The van der Waals surface area contributed by atoms with Gasteiger partial charge in [-0.15, -0.1) is 0 Å². The Kier molecular flexibility index (Phi) is 13.0. The van der Waals surface area contributed by atoms with E-state index in [1.54, 1.807) is 24.3 Å². The minimum Gasteiger partial charge on any atom is -0.326 e. The molecule has 5 nitrogen and oxygen atoms in total. The van der Waals surface area contributed by atoms with E-state index in [9.17, 15) is 19.1 Å². The maximum Gasteiger partial charge on any atom is 0.343 e. The SMILES string of the molecule is CCCCCCCCCCCCCC(=O)Nc1ccc(C(Br)P(=O)(O)O)cc1. The summed E-state index contributed by atoms with van der Waals surface area (Å²) in [7, 11) is -4.23. The second-order valence-corrected chi connectivity index (χ2v) is 10.7. The molecule has 0 saturated heterocycles. The molecule has 0 radical (unpaired) electrons. The molecule has 0 aromatic heterocycles. The van der Waals surface area contributed by atoms with E-state index in [1.165, 1.54) is 57.8 Å². The summed E-state index contributed by atoms with van der Waals surface area (Å²) in [6.07, 6.45) is 14.3. The molecule has 0 heterocycles. The van der Waals surface area contributed by atoms with Crippen LogP contribution in [0.5, 0.6) is 0 Å². The lowest BCUT2D eigenvalue weighted by molar-refractivity contribution is -0.116. The van der Waals surface area contributed by atoms with Crippen LogP contribution >= 0.6 is 23.5 Å². The Balaban J connectivity index is 2.11. The van der Waals surface area contributed by atoms with E-state index in [0.717, 1.165) is 12.8 Å². The largest absolute Gasteiger partial charge is 0.343 e. The summed E-state index contributed by atoms with van der Waals surface area (Å²) in [6.45, 7) is 2.24. The number of benzene rings is 1. The molecule has 0 aliphatic carbocycles. The lowest BCUT2D eigenvalue weighted by Crippen LogP contribution is -2.11. The molecule has 1 aromatic carbocycles. The minimum atomic E-state index is -4.23. The predicted molar refractivity (Wildman–Crippen MR) is 120 cm³/mol. The van der Waals surface area contributed by atoms with Crippen molar-refractivity contribution in [3.05, 3.63) is 29.8 Å². The van der Waals surface area contributed by atoms with Gasteiger partial charge in [0.1, 0.15) is 4.57 Å². The maximum atomic E-state index is 12.0. The minimum absolute atomic E-state index is 0.0194. The third kappa shape index (κ3) is 11.4. The predicted octanol–water partition coefficient (Wildman–Crippen LogP) is 6.90. The van der Waals surface area contributed by atoms with Crippen molar-refractivity contribution in [2.75, 3.05) is 5.32 Å². The fourth-order valence-electron chi connectivity index (χ4n) is 3.09. The highest BCUT2D eigenvalue weighted by atomic mass is 79.9. The van der Waals surface area contributed by atoms with Crippen LogP contribution in [0, 0.1) is 0 Å². The first-order chi connectivity index (χ1) is 13.3. The van der Waals surface area contributed by atoms with E-state index in [-0.39, 0.29) is 5.91 Å². The molecule has 3 N–H and O–H groups in total. The summed E-state index contributed by atoms with van der Waals surface area (Å²) < 4.78 is 10.2. The summed E-state index contributed by atoms with van der Waals surface area (Å²) in [5.74, 6) is -0.0194. The van der Waals surface area contributed by atoms with Gasteiger partial charge >= 0.3 is 7.60 Å². The highest BCUT2D eigenvalue weighted by molar-refractivity contribution is 9.10. The van der Waals surface area contributed by atoms with Gasteiger partial charge in [-0.2, -0.15) is 0 Å². The van der Waals surface area contributed by atoms with E-state index in [2.05, 4.69) is 28.2 Å². The lowest BCUT2D eigenvalue weighted by Gasteiger charge is -2.12. The zero-order chi connectivity index (χ0) is 20.8. The second-order valence-electron chi connectivity index (χ2n) is 7.38. The van der Waals surface area contributed by atoms with E-state index >= 15 is 0 Å². The number of hydrogen-bond acceptors (Lipinski definition) is 2. The molecule has 1 unspecified atom stereocenters. The first-order valence-corrected chi connectivity index (χ1v) is 13.0. The van der Waals surface area contributed by atoms with Crippen LogP contribution in [0.2, 0.25) is 0 Å². The number of unbranched alkanes of at least 4 members (excludes halogenated alkanes) is 10. The smallest absolute Gasteiger partial charge is 0.326 e. The van der Waals surface area contributed by atoms with Crippen molar-refractivity contribution >= 4 is 35.1 Å². The molecule has 28 heavy (non-hydrogen) atoms. The van der Waals surface area contributed by atoms with Crippen LogP contribution in [-0.4, -0.2) is 15.7 Å². The maximum absolute atomic E-state index is 12.0. The number of carbonyl (C=O) groups is 1. The highest BCUT2D eigenvalue weighted by Crippen LogP contribution is 2.55. The van der Waals surface area contributed by atoms with Gasteiger partial charge in [0.2, 0.25) is 5.91 Å². The van der Waals surface area contributed by atoms with Crippen LogP contribution in [0.15, 0.2) is 24.3 Å². The molecule has 0 aliphatic heterocycles. The van der Waals surface area contributed by atoms with Gasteiger partial charge in [0, 0.05) is 12.1 Å². The van der Waals surface area contributed by atoms with Crippen LogP contribution < -0.4 is 5.32 Å². The molecule has 0 aliphatic rings. The van der Waals surface area contributed by atoms with Gasteiger partial charge in [-0.05, 0) is 24.1 Å². The molecule has 160 valence electrons. The lowest BCUT2D eigenvalue weighted by atomic mass is 10.1. The van der Waals surface area contributed by atoms with E-state index < -0.39 is 12.2 Å². The number of anilines is 1. The number of hydrogen-bond donors (Lipinski definition) is 3. The Morgan fingerprint density at radius 2 is 1.39 bits per heavy atom. The molecule has 1 rings (SSSR count). The number of carbonyl (C=O) groups excluding carboxylic acids is 1. The summed E-state index contributed by atoms with van der Waals surface area (Å²) in [5, 5.41) is 2.83. The average Bonchev–Trinajstić information content (AvgIpc) is 2.65. The Labute approximate surface area is 178 Å². The molecule has 1 amide bonds. The number of alkyl halides is 1. The third-order valence-electron chi connectivity index (χ3n) is 4.77. The first-order valence-electron chi connectivity index (χ1n) is 10.4. The molecule has 0 spiro atoms. The van der Waals surface area contributed by atoms with Gasteiger partial charge in [-0.1, -0.05) is 99.2 Å².